The van der Waals surface area contributed by atoms with Gasteiger partial charge in [-0.1, -0.05) is 0 Å². The van der Waals surface area contributed by atoms with Gasteiger partial charge in [0.05, 0.1) is 5.56 Å². The summed E-state index contributed by atoms with van der Waals surface area (Å²) < 4.78 is 27.1. The molecular formula is C17H19F2N3O3. The first-order valence-corrected chi connectivity index (χ1v) is 8.28. The smallest absolute Gasteiger partial charge is 0.256 e. The fraction of sp³-hybridized carbons (Fsp3) is 0.471. The Hall–Kier alpha value is -2.51. The lowest BCUT2D eigenvalue weighted by Gasteiger charge is -2.24. The van der Waals surface area contributed by atoms with E-state index in [4.69, 9.17) is 0 Å². The molecule has 1 N–H and O–H groups in total. The number of nitrogens with zero attached hydrogens (tertiary/aromatic N) is 2. The number of hydrogen-bond acceptors (Lipinski definition) is 3. The molecule has 2 fully saturated rings. The van der Waals surface area contributed by atoms with Gasteiger partial charge in [-0.3, -0.25) is 14.4 Å². The van der Waals surface area contributed by atoms with Crippen LogP contribution in [-0.4, -0.2) is 59.7 Å². The van der Waals surface area contributed by atoms with E-state index >= 15 is 0 Å². The van der Waals surface area contributed by atoms with E-state index in [2.05, 4.69) is 5.32 Å². The highest BCUT2D eigenvalue weighted by Gasteiger charge is 2.32. The molecule has 1 aromatic carbocycles. The molecule has 0 spiro atoms. The zero-order valence-corrected chi connectivity index (χ0v) is 13.6. The van der Waals surface area contributed by atoms with Gasteiger partial charge in [0.25, 0.3) is 5.91 Å². The van der Waals surface area contributed by atoms with Crippen molar-refractivity contribution in [3.05, 3.63) is 35.4 Å². The van der Waals surface area contributed by atoms with Crippen molar-refractivity contribution in [1.29, 1.82) is 0 Å². The highest BCUT2D eigenvalue weighted by atomic mass is 19.1. The van der Waals surface area contributed by atoms with Crippen LogP contribution < -0.4 is 5.32 Å². The lowest BCUT2D eigenvalue weighted by Crippen LogP contribution is -2.46. The predicted octanol–water partition coefficient (Wildman–Crippen LogP) is 0.918. The van der Waals surface area contributed by atoms with E-state index in [0.717, 1.165) is 18.2 Å². The maximum Gasteiger partial charge on any atom is 0.256 e. The molecule has 1 unspecified atom stereocenters. The number of amides is 3. The normalized spacial score (nSPS) is 21.0. The summed E-state index contributed by atoms with van der Waals surface area (Å²) in [6.07, 6.45) is 1.36. The maximum atomic E-state index is 13.8. The van der Waals surface area contributed by atoms with Gasteiger partial charge in [0.1, 0.15) is 17.7 Å². The molecule has 8 heteroatoms. The summed E-state index contributed by atoms with van der Waals surface area (Å²) in [6.45, 7) is 1.35. The third kappa shape index (κ3) is 3.78. The first-order chi connectivity index (χ1) is 12.0. The van der Waals surface area contributed by atoms with E-state index in [9.17, 15) is 23.2 Å². The van der Waals surface area contributed by atoms with Gasteiger partial charge in [0.2, 0.25) is 11.8 Å². The molecule has 25 heavy (non-hydrogen) atoms. The summed E-state index contributed by atoms with van der Waals surface area (Å²) in [5, 5.41) is 2.64. The topological polar surface area (TPSA) is 69.7 Å². The summed E-state index contributed by atoms with van der Waals surface area (Å²) >= 11 is 0. The Morgan fingerprint density at radius 1 is 1.08 bits per heavy atom. The average molecular weight is 351 g/mol. The van der Waals surface area contributed by atoms with Crippen molar-refractivity contribution in [2.75, 3.05) is 26.2 Å². The minimum absolute atomic E-state index is 0.133. The molecule has 134 valence electrons. The molecule has 3 amide bonds. The zero-order valence-electron chi connectivity index (χ0n) is 13.6. The number of nitrogens with one attached hydrogen (secondary N) is 1. The fourth-order valence-corrected chi connectivity index (χ4v) is 3.19. The van der Waals surface area contributed by atoms with Crippen LogP contribution in [-0.2, 0) is 9.59 Å². The largest absolute Gasteiger partial charge is 0.344 e. The van der Waals surface area contributed by atoms with E-state index < -0.39 is 23.6 Å². The molecular weight excluding hydrogens is 332 g/mol. The second-order valence-electron chi connectivity index (χ2n) is 6.25. The zero-order chi connectivity index (χ0) is 18.0. The van der Waals surface area contributed by atoms with E-state index in [1.165, 1.54) is 4.90 Å². The van der Waals surface area contributed by atoms with Crippen molar-refractivity contribution >= 4 is 17.7 Å². The van der Waals surface area contributed by atoms with Gasteiger partial charge in [0, 0.05) is 32.6 Å². The quantitative estimate of drug-likeness (QED) is 0.861. The summed E-state index contributed by atoms with van der Waals surface area (Å²) in [5.74, 6) is -2.31. The highest BCUT2D eigenvalue weighted by Crippen LogP contribution is 2.16. The standard InChI is InChI=1S/C17H19F2N3O3/c18-11-2-3-13(19)12(10-11)16(24)21-6-1-7-22(9-8-21)17(25)14-4-5-15(23)20-14/h2-3,10,14H,1,4-9H2,(H,20,23). The second-order valence-corrected chi connectivity index (χ2v) is 6.25. The molecule has 6 nitrogen and oxygen atoms in total. The Morgan fingerprint density at radius 3 is 2.52 bits per heavy atom. The fourth-order valence-electron chi connectivity index (χ4n) is 3.19. The Kier molecular flexibility index (Phi) is 4.96. The van der Waals surface area contributed by atoms with Crippen LogP contribution in [0.15, 0.2) is 18.2 Å². The minimum atomic E-state index is -0.766. The number of hydrogen-bond donors (Lipinski definition) is 1. The lowest BCUT2D eigenvalue weighted by molar-refractivity contribution is -0.134. The van der Waals surface area contributed by atoms with Crippen LogP contribution in [0.3, 0.4) is 0 Å². The molecule has 0 saturated carbocycles. The van der Waals surface area contributed by atoms with Gasteiger partial charge in [-0.15, -0.1) is 0 Å². The van der Waals surface area contributed by atoms with Gasteiger partial charge in [-0.2, -0.15) is 0 Å². The van der Waals surface area contributed by atoms with E-state index in [1.807, 2.05) is 0 Å². The van der Waals surface area contributed by atoms with Crippen molar-refractivity contribution in [3.8, 4) is 0 Å². The summed E-state index contributed by atoms with van der Waals surface area (Å²) in [4.78, 5) is 39.2. The number of rotatable bonds is 2. The molecule has 3 rings (SSSR count). The lowest BCUT2D eigenvalue weighted by atomic mass is 10.1. The van der Waals surface area contributed by atoms with Crippen molar-refractivity contribution < 1.29 is 23.2 Å². The van der Waals surface area contributed by atoms with Crippen LogP contribution in [0.4, 0.5) is 8.78 Å². The Labute approximate surface area is 143 Å². The molecule has 2 aliphatic heterocycles. The number of halogens is 2. The molecule has 0 radical (unpaired) electrons. The summed E-state index contributed by atoms with van der Waals surface area (Å²) in [6, 6.07) is 2.28. The van der Waals surface area contributed by atoms with Gasteiger partial charge in [-0.05, 0) is 31.0 Å². The van der Waals surface area contributed by atoms with Crippen LogP contribution in [0, 0.1) is 11.6 Å². The van der Waals surface area contributed by atoms with Gasteiger partial charge in [-0.25, -0.2) is 8.78 Å². The van der Waals surface area contributed by atoms with Crippen LogP contribution in [0.2, 0.25) is 0 Å². The van der Waals surface area contributed by atoms with Crippen molar-refractivity contribution in [2.45, 2.75) is 25.3 Å². The van der Waals surface area contributed by atoms with E-state index in [0.29, 0.717) is 38.9 Å². The molecule has 2 saturated heterocycles. The summed E-state index contributed by atoms with van der Waals surface area (Å²) in [5.41, 5.74) is -0.303. The third-order valence-corrected chi connectivity index (χ3v) is 4.55. The van der Waals surface area contributed by atoms with Gasteiger partial charge in [0.15, 0.2) is 0 Å². The van der Waals surface area contributed by atoms with Crippen LogP contribution in [0.25, 0.3) is 0 Å². The molecule has 1 aromatic rings. The maximum absolute atomic E-state index is 13.8. The minimum Gasteiger partial charge on any atom is -0.344 e. The molecule has 1 atom stereocenters. The number of carbonyl (C=O) groups is 3. The average Bonchev–Trinajstić information content (AvgIpc) is 2.88. The highest BCUT2D eigenvalue weighted by molar-refractivity contribution is 5.94. The summed E-state index contributed by atoms with van der Waals surface area (Å²) in [7, 11) is 0. The van der Waals surface area contributed by atoms with Crippen LogP contribution in [0.1, 0.15) is 29.6 Å². The molecule has 2 heterocycles. The second kappa shape index (κ2) is 7.16. The number of carbonyl (C=O) groups excluding carboxylic acids is 3. The predicted molar refractivity (Wildman–Crippen MR) is 84.6 cm³/mol. The Morgan fingerprint density at radius 2 is 1.80 bits per heavy atom. The van der Waals surface area contributed by atoms with E-state index in [-0.39, 0.29) is 23.9 Å². The van der Waals surface area contributed by atoms with Crippen molar-refractivity contribution in [1.82, 2.24) is 15.1 Å². The van der Waals surface area contributed by atoms with Crippen molar-refractivity contribution in [2.24, 2.45) is 0 Å². The molecule has 0 bridgehead atoms. The monoisotopic (exact) mass is 351 g/mol. The van der Waals surface area contributed by atoms with Gasteiger partial charge < -0.3 is 15.1 Å². The first kappa shape index (κ1) is 17.3. The SMILES string of the molecule is O=C1CCC(C(=O)N2CCCN(C(=O)c3cc(F)ccc3F)CC2)N1. The van der Waals surface area contributed by atoms with Crippen molar-refractivity contribution in [3.63, 3.8) is 0 Å². The molecule has 0 aromatic heterocycles. The third-order valence-electron chi connectivity index (χ3n) is 4.55. The number of benzene rings is 1. The van der Waals surface area contributed by atoms with Crippen LogP contribution >= 0.6 is 0 Å². The van der Waals surface area contributed by atoms with E-state index in [1.54, 1.807) is 4.90 Å². The van der Waals surface area contributed by atoms with Crippen LogP contribution in [0.5, 0.6) is 0 Å². The molecule has 0 aliphatic carbocycles. The Balaban J connectivity index is 1.65. The Bertz CT molecular complexity index is 710. The first-order valence-electron chi connectivity index (χ1n) is 8.28. The molecule has 2 aliphatic rings. The van der Waals surface area contributed by atoms with Gasteiger partial charge >= 0.3 is 0 Å².